The maximum atomic E-state index is 12.3. The number of carbonyl (C=O) groups excluding carboxylic acids is 2. The molecule has 21 heavy (non-hydrogen) atoms. The van der Waals surface area contributed by atoms with E-state index in [1.807, 2.05) is 18.2 Å². The maximum absolute atomic E-state index is 12.3. The number of rotatable bonds is 2. The molecule has 0 radical (unpaired) electrons. The van der Waals surface area contributed by atoms with Gasteiger partial charge in [-0.15, -0.1) is 0 Å². The molecule has 2 bridgehead atoms. The van der Waals surface area contributed by atoms with Crippen molar-refractivity contribution in [3.05, 3.63) is 35.4 Å². The second kappa shape index (κ2) is 5.15. The summed E-state index contributed by atoms with van der Waals surface area (Å²) >= 11 is 0. The number of fused-ring (bicyclic) bond motifs is 3. The van der Waals surface area contributed by atoms with Crippen molar-refractivity contribution in [2.45, 2.75) is 31.5 Å². The first kappa shape index (κ1) is 14.1. The molecule has 0 amide bonds. The fourth-order valence-corrected chi connectivity index (χ4v) is 3.51. The Morgan fingerprint density at radius 2 is 1.67 bits per heavy atom. The Kier molecular flexibility index (Phi) is 3.45. The maximum Gasteiger partial charge on any atom is 0.326 e. The molecule has 5 heteroatoms. The van der Waals surface area contributed by atoms with Gasteiger partial charge in [-0.05, 0) is 17.5 Å². The van der Waals surface area contributed by atoms with E-state index in [1.54, 1.807) is 0 Å². The first-order chi connectivity index (χ1) is 10.1. The van der Waals surface area contributed by atoms with Gasteiger partial charge >= 0.3 is 11.9 Å². The Morgan fingerprint density at radius 3 is 2.24 bits per heavy atom. The van der Waals surface area contributed by atoms with Crippen LogP contribution < -0.4 is 0 Å². The van der Waals surface area contributed by atoms with E-state index in [2.05, 4.69) is 6.07 Å². The van der Waals surface area contributed by atoms with Crippen LogP contribution in [0.15, 0.2) is 24.3 Å². The van der Waals surface area contributed by atoms with Gasteiger partial charge in [0.05, 0.1) is 26.4 Å². The summed E-state index contributed by atoms with van der Waals surface area (Å²) in [4.78, 5) is 24.6. The van der Waals surface area contributed by atoms with Gasteiger partial charge in [0, 0.05) is 12.8 Å². The number of ether oxygens (including phenoxy) is 3. The second-order valence-corrected chi connectivity index (χ2v) is 5.58. The fourth-order valence-electron chi connectivity index (χ4n) is 3.51. The molecule has 5 nitrogen and oxygen atoms in total. The van der Waals surface area contributed by atoms with Crippen LogP contribution in [0.4, 0.5) is 0 Å². The van der Waals surface area contributed by atoms with Gasteiger partial charge in [0.1, 0.15) is 0 Å². The lowest BCUT2D eigenvalue weighted by atomic mass is 9.74. The number of carbonyl (C=O) groups is 2. The second-order valence-electron chi connectivity index (χ2n) is 5.58. The Hall–Kier alpha value is -1.88. The van der Waals surface area contributed by atoms with Gasteiger partial charge in [-0.25, -0.2) is 0 Å². The SMILES string of the molecule is COC(=O)C1(C(=O)OC)CC2Cc3ccccc3CC1O2. The van der Waals surface area contributed by atoms with Crippen LogP contribution in [0.5, 0.6) is 0 Å². The summed E-state index contributed by atoms with van der Waals surface area (Å²) in [6.45, 7) is 0. The molecule has 2 atom stereocenters. The summed E-state index contributed by atoms with van der Waals surface area (Å²) in [5.74, 6) is -1.14. The lowest BCUT2D eigenvalue weighted by Crippen LogP contribution is -2.48. The summed E-state index contributed by atoms with van der Waals surface area (Å²) in [6.07, 6.45) is 0.813. The quantitative estimate of drug-likeness (QED) is 0.606. The minimum absolute atomic E-state index is 0.170. The van der Waals surface area contributed by atoms with Crippen molar-refractivity contribution < 1.29 is 23.8 Å². The van der Waals surface area contributed by atoms with Gasteiger partial charge in [-0.1, -0.05) is 24.3 Å². The Balaban J connectivity index is 2.03. The van der Waals surface area contributed by atoms with Gasteiger partial charge in [-0.2, -0.15) is 0 Å². The van der Waals surface area contributed by atoms with Gasteiger partial charge in [0.2, 0.25) is 0 Å². The zero-order chi connectivity index (χ0) is 15.0. The predicted octanol–water partition coefficient (Wildman–Crippen LogP) is 1.28. The molecule has 3 rings (SSSR count). The van der Waals surface area contributed by atoms with Crippen molar-refractivity contribution in [2.75, 3.05) is 14.2 Å². The van der Waals surface area contributed by atoms with Gasteiger partial charge in [0.15, 0.2) is 5.41 Å². The summed E-state index contributed by atoms with van der Waals surface area (Å²) in [7, 11) is 2.58. The Morgan fingerprint density at radius 1 is 1.10 bits per heavy atom. The average Bonchev–Trinajstić information content (AvgIpc) is 2.74. The first-order valence-corrected chi connectivity index (χ1v) is 7.01. The van der Waals surface area contributed by atoms with E-state index in [1.165, 1.54) is 19.8 Å². The third-order valence-electron chi connectivity index (χ3n) is 4.53. The summed E-state index contributed by atoms with van der Waals surface area (Å²) in [5, 5.41) is 0. The number of hydrogen-bond acceptors (Lipinski definition) is 5. The Labute approximate surface area is 123 Å². The van der Waals surface area contributed by atoms with Crippen LogP contribution in [-0.2, 0) is 36.6 Å². The highest BCUT2D eigenvalue weighted by Crippen LogP contribution is 2.45. The standard InChI is InChI=1S/C16H18O5/c1-19-14(17)16(15(18)20-2)9-12-7-10-5-3-4-6-11(10)8-13(16)21-12/h3-6,12-13H,7-9H2,1-2H3. The number of methoxy groups -OCH3 is 2. The first-order valence-electron chi connectivity index (χ1n) is 7.01. The van der Waals surface area contributed by atoms with E-state index in [-0.39, 0.29) is 6.10 Å². The summed E-state index contributed by atoms with van der Waals surface area (Å²) in [5.41, 5.74) is 0.983. The van der Waals surface area contributed by atoms with Crippen LogP contribution in [0.2, 0.25) is 0 Å². The molecule has 0 spiro atoms. The molecule has 1 fully saturated rings. The zero-order valence-electron chi connectivity index (χ0n) is 12.1. The molecule has 0 aliphatic carbocycles. The van der Waals surface area contributed by atoms with E-state index in [0.717, 1.165) is 5.56 Å². The zero-order valence-corrected chi connectivity index (χ0v) is 12.1. The molecule has 112 valence electrons. The summed E-state index contributed by atoms with van der Waals surface area (Å²) < 4.78 is 15.7. The molecule has 2 heterocycles. The van der Waals surface area contributed by atoms with Gasteiger partial charge in [0.25, 0.3) is 0 Å². The lowest BCUT2D eigenvalue weighted by Gasteiger charge is -2.29. The molecule has 1 aromatic rings. The molecule has 0 N–H and O–H groups in total. The minimum Gasteiger partial charge on any atom is -0.468 e. The van der Waals surface area contributed by atoms with E-state index in [4.69, 9.17) is 14.2 Å². The smallest absolute Gasteiger partial charge is 0.326 e. The molecular formula is C16H18O5. The Bertz CT molecular complexity index is 564. The molecule has 0 aromatic heterocycles. The highest BCUT2D eigenvalue weighted by Gasteiger charge is 2.61. The third kappa shape index (κ3) is 2.03. The fraction of sp³-hybridized carbons (Fsp3) is 0.500. The molecule has 2 aliphatic rings. The van der Waals surface area contributed by atoms with Crippen molar-refractivity contribution in [3.8, 4) is 0 Å². The van der Waals surface area contributed by atoms with Crippen LogP contribution in [0.1, 0.15) is 17.5 Å². The number of benzene rings is 1. The van der Waals surface area contributed by atoms with Crippen LogP contribution in [0.3, 0.4) is 0 Å². The van der Waals surface area contributed by atoms with Crippen molar-refractivity contribution in [1.82, 2.24) is 0 Å². The van der Waals surface area contributed by atoms with Crippen LogP contribution in [0.25, 0.3) is 0 Å². The van der Waals surface area contributed by atoms with Crippen LogP contribution in [0, 0.1) is 5.41 Å². The van der Waals surface area contributed by atoms with E-state index >= 15 is 0 Å². The van der Waals surface area contributed by atoms with Crippen molar-refractivity contribution in [2.24, 2.45) is 5.41 Å². The minimum atomic E-state index is -1.35. The predicted molar refractivity (Wildman–Crippen MR) is 73.6 cm³/mol. The summed E-state index contributed by atoms with van der Waals surface area (Å²) in [6, 6.07) is 8.03. The van der Waals surface area contributed by atoms with Crippen LogP contribution >= 0.6 is 0 Å². The van der Waals surface area contributed by atoms with E-state index in [0.29, 0.717) is 19.3 Å². The third-order valence-corrected chi connectivity index (χ3v) is 4.53. The largest absolute Gasteiger partial charge is 0.468 e. The molecule has 2 aliphatic heterocycles. The van der Waals surface area contributed by atoms with Crippen molar-refractivity contribution >= 4 is 11.9 Å². The van der Waals surface area contributed by atoms with Crippen molar-refractivity contribution in [3.63, 3.8) is 0 Å². The highest BCUT2D eigenvalue weighted by atomic mass is 16.6. The van der Waals surface area contributed by atoms with Crippen LogP contribution in [-0.4, -0.2) is 38.4 Å². The van der Waals surface area contributed by atoms with Crippen molar-refractivity contribution in [1.29, 1.82) is 0 Å². The normalized spacial score (nSPS) is 25.6. The molecular weight excluding hydrogens is 272 g/mol. The van der Waals surface area contributed by atoms with E-state index < -0.39 is 23.5 Å². The average molecular weight is 290 g/mol. The number of hydrogen-bond donors (Lipinski definition) is 0. The van der Waals surface area contributed by atoms with Gasteiger partial charge < -0.3 is 14.2 Å². The highest BCUT2D eigenvalue weighted by molar-refractivity contribution is 6.01. The molecule has 1 saturated heterocycles. The molecule has 1 aromatic carbocycles. The lowest BCUT2D eigenvalue weighted by molar-refractivity contribution is -0.173. The molecule has 2 unspecified atom stereocenters. The monoisotopic (exact) mass is 290 g/mol. The topological polar surface area (TPSA) is 61.8 Å². The van der Waals surface area contributed by atoms with E-state index in [9.17, 15) is 9.59 Å². The van der Waals surface area contributed by atoms with Gasteiger partial charge in [-0.3, -0.25) is 9.59 Å². The number of esters is 2. The molecule has 0 saturated carbocycles.